The molecule has 1 aromatic rings. The molecule has 1 nitrogen and oxygen atoms in total. The summed E-state index contributed by atoms with van der Waals surface area (Å²) in [6, 6.07) is 11.1. The van der Waals surface area contributed by atoms with E-state index in [1.165, 1.54) is 51.6 Å². The van der Waals surface area contributed by atoms with E-state index in [4.69, 9.17) is 0 Å². The van der Waals surface area contributed by atoms with Crippen molar-refractivity contribution in [1.82, 2.24) is 5.32 Å². The maximum atomic E-state index is 3.60. The first-order valence-corrected chi connectivity index (χ1v) is 7.14. The monoisotopic (exact) mass is 229 g/mol. The van der Waals surface area contributed by atoms with Crippen LogP contribution in [0.15, 0.2) is 30.3 Å². The second-order valence-electron chi connectivity index (χ2n) is 5.97. The molecule has 1 aliphatic heterocycles. The van der Waals surface area contributed by atoms with Crippen molar-refractivity contribution in [2.24, 2.45) is 5.41 Å². The molecule has 1 heterocycles. The molecule has 0 aromatic heterocycles. The molecule has 92 valence electrons. The van der Waals surface area contributed by atoms with Crippen molar-refractivity contribution in [2.75, 3.05) is 13.1 Å². The third-order valence-corrected chi connectivity index (χ3v) is 4.88. The van der Waals surface area contributed by atoms with Gasteiger partial charge in [-0.15, -0.1) is 0 Å². The molecule has 0 atom stereocenters. The molecule has 1 saturated heterocycles. The zero-order valence-corrected chi connectivity index (χ0v) is 10.6. The minimum Gasteiger partial charge on any atom is -0.316 e. The topological polar surface area (TPSA) is 12.0 Å². The van der Waals surface area contributed by atoms with Crippen molar-refractivity contribution in [2.45, 2.75) is 44.4 Å². The number of nitrogens with one attached hydrogen (secondary N) is 1. The van der Waals surface area contributed by atoms with Crippen molar-refractivity contribution < 1.29 is 0 Å². The van der Waals surface area contributed by atoms with Crippen molar-refractivity contribution in [1.29, 1.82) is 0 Å². The van der Waals surface area contributed by atoms with Crippen LogP contribution >= 0.6 is 0 Å². The van der Waals surface area contributed by atoms with Gasteiger partial charge in [0, 0.05) is 6.54 Å². The maximum absolute atomic E-state index is 3.60. The van der Waals surface area contributed by atoms with Crippen molar-refractivity contribution >= 4 is 0 Å². The van der Waals surface area contributed by atoms with Gasteiger partial charge in [0.25, 0.3) is 0 Å². The average Bonchev–Trinajstić information content (AvgIpc) is 2.42. The number of piperidine rings is 1. The standard InChI is InChI=1S/C16H23N/c1-2-5-14(6-3-1)15-7-10-16(11-8-15)9-4-12-17-13-16/h1-3,5-6,15,17H,4,7-13H2. The van der Waals surface area contributed by atoms with Gasteiger partial charge in [-0.1, -0.05) is 30.3 Å². The Bertz CT molecular complexity index is 341. The summed E-state index contributed by atoms with van der Waals surface area (Å²) in [7, 11) is 0. The predicted molar refractivity (Wildman–Crippen MR) is 72.2 cm³/mol. The number of rotatable bonds is 1. The fourth-order valence-electron chi connectivity index (χ4n) is 3.75. The van der Waals surface area contributed by atoms with Crippen molar-refractivity contribution in [3.8, 4) is 0 Å². The van der Waals surface area contributed by atoms with Crippen molar-refractivity contribution in [3.05, 3.63) is 35.9 Å². The van der Waals surface area contributed by atoms with E-state index in [1.54, 1.807) is 5.56 Å². The summed E-state index contributed by atoms with van der Waals surface area (Å²) < 4.78 is 0. The Morgan fingerprint density at radius 1 is 1.00 bits per heavy atom. The highest BCUT2D eigenvalue weighted by Crippen LogP contribution is 2.46. The summed E-state index contributed by atoms with van der Waals surface area (Å²) in [6.45, 7) is 2.51. The molecule has 1 N–H and O–H groups in total. The van der Waals surface area contributed by atoms with Crippen molar-refractivity contribution in [3.63, 3.8) is 0 Å². The fourth-order valence-corrected chi connectivity index (χ4v) is 3.75. The fraction of sp³-hybridized carbons (Fsp3) is 0.625. The first-order chi connectivity index (χ1) is 8.38. The molecule has 1 saturated carbocycles. The van der Waals surface area contributed by atoms with Gasteiger partial charge in [0.1, 0.15) is 0 Å². The van der Waals surface area contributed by atoms with Gasteiger partial charge in [-0.2, -0.15) is 0 Å². The third kappa shape index (κ3) is 2.40. The van der Waals surface area contributed by atoms with Crippen LogP contribution < -0.4 is 5.32 Å². The van der Waals surface area contributed by atoms with Gasteiger partial charge >= 0.3 is 0 Å². The van der Waals surface area contributed by atoms with Gasteiger partial charge in [0.15, 0.2) is 0 Å². The summed E-state index contributed by atoms with van der Waals surface area (Å²) in [5, 5.41) is 3.60. The van der Waals surface area contributed by atoms with Crippen LogP contribution in [0.1, 0.15) is 50.0 Å². The molecular formula is C16H23N. The zero-order chi connectivity index (χ0) is 11.6. The Balaban J connectivity index is 1.64. The minimum absolute atomic E-state index is 0.656. The summed E-state index contributed by atoms with van der Waals surface area (Å²) in [4.78, 5) is 0. The minimum atomic E-state index is 0.656. The van der Waals surface area contributed by atoms with Crippen LogP contribution in [0.2, 0.25) is 0 Å². The molecule has 2 aliphatic rings. The Hall–Kier alpha value is -0.820. The van der Waals surface area contributed by atoms with Crippen LogP contribution in [0.4, 0.5) is 0 Å². The molecule has 1 aromatic carbocycles. The Kier molecular flexibility index (Phi) is 3.19. The van der Waals surface area contributed by atoms with E-state index in [2.05, 4.69) is 35.6 Å². The molecule has 0 amide bonds. The van der Waals surface area contributed by atoms with E-state index in [0.29, 0.717) is 5.41 Å². The van der Waals surface area contributed by atoms with E-state index in [0.717, 1.165) is 5.92 Å². The molecule has 0 unspecified atom stereocenters. The van der Waals surface area contributed by atoms with Gasteiger partial charge in [0.2, 0.25) is 0 Å². The van der Waals surface area contributed by atoms with Crippen LogP contribution in [-0.4, -0.2) is 13.1 Å². The molecule has 1 aliphatic carbocycles. The van der Waals surface area contributed by atoms with E-state index < -0.39 is 0 Å². The normalized spacial score (nSPS) is 33.8. The molecule has 0 bridgehead atoms. The summed E-state index contributed by atoms with van der Waals surface area (Å²) >= 11 is 0. The Morgan fingerprint density at radius 3 is 2.41 bits per heavy atom. The molecule has 1 heteroatoms. The molecule has 17 heavy (non-hydrogen) atoms. The molecular weight excluding hydrogens is 206 g/mol. The highest BCUT2D eigenvalue weighted by atomic mass is 14.9. The maximum Gasteiger partial charge on any atom is 0.000782 e. The highest BCUT2D eigenvalue weighted by molar-refractivity contribution is 5.20. The van der Waals surface area contributed by atoms with Crippen LogP contribution in [0.3, 0.4) is 0 Å². The van der Waals surface area contributed by atoms with Crippen LogP contribution in [0.5, 0.6) is 0 Å². The number of benzene rings is 1. The number of hydrogen-bond acceptors (Lipinski definition) is 1. The lowest BCUT2D eigenvalue weighted by molar-refractivity contribution is 0.130. The van der Waals surface area contributed by atoms with Crippen LogP contribution in [-0.2, 0) is 0 Å². The third-order valence-electron chi connectivity index (χ3n) is 4.88. The molecule has 3 rings (SSSR count). The Labute approximate surface area is 105 Å². The van der Waals surface area contributed by atoms with Gasteiger partial charge in [-0.3, -0.25) is 0 Å². The van der Waals surface area contributed by atoms with Gasteiger partial charge < -0.3 is 5.32 Å². The summed E-state index contributed by atoms with van der Waals surface area (Å²) in [5.41, 5.74) is 2.22. The molecule has 2 fully saturated rings. The first-order valence-electron chi connectivity index (χ1n) is 7.14. The smallest absolute Gasteiger partial charge is 0.000782 e. The van der Waals surface area contributed by atoms with E-state index in [-0.39, 0.29) is 0 Å². The predicted octanol–water partition coefficient (Wildman–Crippen LogP) is 3.71. The largest absolute Gasteiger partial charge is 0.316 e. The lowest BCUT2D eigenvalue weighted by Crippen LogP contribution is -2.42. The first kappa shape index (κ1) is 11.3. The lowest BCUT2D eigenvalue weighted by atomic mass is 9.66. The van der Waals surface area contributed by atoms with Crippen LogP contribution in [0, 0.1) is 5.41 Å². The second-order valence-corrected chi connectivity index (χ2v) is 5.97. The highest BCUT2D eigenvalue weighted by Gasteiger charge is 2.36. The average molecular weight is 229 g/mol. The lowest BCUT2D eigenvalue weighted by Gasteiger charge is -2.43. The van der Waals surface area contributed by atoms with Gasteiger partial charge in [-0.25, -0.2) is 0 Å². The zero-order valence-electron chi connectivity index (χ0n) is 10.6. The quantitative estimate of drug-likeness (QED) is 0.774. The summed E-state index contributed by atoms with van der Waals surface area (Å²) in [6.07, 6.45) is 8.49. The van der Waals surface area contributed by atoms with Crippen LogP contribution in [0.25, 0.3) is 0 Å². The van der Waals surface area contributed by atoms with Gasteiger partial charge in [-0.05, 0) is 62.0 Å². The van der Waals surface area contributed by atoms with E-state index in [1.807, 2.05) is 0 Å². The van der Waals surface area contributed by atoms with E-state index >= 15 is 0 Å². The Morgan fingerprint density at radius 2 is 1.76 bits per heavy atom. The number of hydrogen-bond donors (Lipinski definition) is 1. The summed E-state index contributed by atoms with van der Waals surface area (Å²) in [5.74, 6) is 0.823. The molecule has 0 radical (unpaired) electrons. The second kappa shape index (κ2) is 4.81. The molecule has 1 spiro atoms. The SMILES string of the molecule is c1ccc(C2CCC3(CCCNC3)CC2)cc1. The van der Waals surface area contributed by atoms with Gasteiger partial charge in [0.05, 0.1) is 0 Å². The van der Waals surface area contributed by atoms with E-state index in [9.17, 15) is 0 Å².